The number of amides is 1. The van der Waals surface area contributed by atoms with Crippen molar-refractivity contribution in [3.05, 3.63) is 28.8 Å². The second kappa shape index (κ2) is 3.69. The van der Waals surface area contributed by atoms with Crippen molar-refractivity contribution in [3.8, 4) is 0 Å². The predicted molar refractivity (Wildman–Crippen MR) is 68.1 cm³/mol. The van der Waals surface area contributed by atoms with Crippen LogP contribution < -0.4 is 0 Å². The van der Waals surface area contributed by atoms with Crippen LogP contribution in [0, 0.1) is 13.8 Å². The normalized spacial score (nSPS) is 22.4. The third-order valence-electron chi connectivity index (χ3n) is 3.79. The van der Waals surface area contributed by atoms with Gasteiger partial charge >= 0.3 is 0 Å². The van der Waals surface area contributed by atoms with Crippen LogP contribution in [0.3, 0.4) is 0 Å². The maximum atomic E-state index is 12.4. The number of nitrogens with zero attached hydrogens (tertiary/aromatic N) is 2. The molecule has 1 saturated heterocycles. The first-order valence-electron chi connectivity index (χ1n) is 6.13. The van der Waals surface area contributed by atoms with Gasteiger partial charge in [0, 0.05) is 12.8 Å². The third-order valence-corrected chi connectivity index (χ3v) is 3.79. The molecular formula is C14H16N2O. The van der Waals surface area contributed by atoms with E-state index >= 15 is 0 Å². The minimum Gasteiger partial charge on any atom is -0.331 e. The van der Waals surface area contributed by atoms with Crippen LogP contribution in [0.1, 0.15) is 34.3 Å². The molecule has 1 unspecified atom stereocenters. The molecule has 88 valence electrons. The number of fused-ring (bicyclic) bond motifs is 2. The molecule has 0 saturated carbocycles. The summed E-state index contributed by atoms with van der Waals surface area (Å²) in [5.74, 6) is 0.142. The smallest absolute Gasteiger partial charge is 0.256 e. The van der Waals surface area contributed by atoms with Crippen LogP contribution in [-0.4, -0.2) is 29.6 Å². The van der Waals surface area contributed by atoms with E-state index in [0.717, 1.165) is 36.2 Å². The predicted octanol–water partition coefficient (Wildman–Crippen LogP) is 2.62. The molecule has 2 aliphatic rings. The minimum absolute atomic E-state index is 0.142. The Balaban J connectivity index is 2.15. The van der Waals surface area contributed by atoms with Gasteiger partial charge in [-0.05, 0) is 49.9 Å². The summed E-state index contributed by atoms with van der Waals surface area (Å²) in [5, 5.41) is 0. The van der Waals surface area contributed by atoms with Gasteiger partial charge in [-0.15, -0.1) is 0 Å². The number of aliphatic imine (C=N–C) groups is 1. The summed E-state index contributed by atoms with van der Waals surface area (Å²) in [7, 11) is 0. The Morgan fingerprint density at radius 1 is 1.29 bits per heavy atom. The van der Waals surface area contributed by atoms with Crippen LogP contribution in [-0.2, 0) is 0 Å². The van der Waals surface area contributed by atoms with E-state index in [0.29, 0.717) is 0 Å². The van der Waals surface area contributed by atoms with Crippen LogP contribution >= 0.6 is 0 Å². The van der Waals surface area contributed by atoms with Crippen LogP contribution in [0.15, 0.2) is 17.1 Å². The molecule has 1 aromatic carbocycles. The van der Waals surface area contributed by atoms with E-state index in [1.54, 1.807) is 0 Å². The first kappa shape index (κ1) is 10.5. The Morgan fingerprint density at radius 3 is 2.88 bits per heavy atom. The highest BCUT2D eigenvalue weighted by Gasteiger charge is 2.31. The molecule has 2 aliphatic heterocycles. The molecule has 0 bridgehead atoms. The zero-order valence-electron chi connectivity index (χ0n) is 10.2. The molecule has 3 rings (SSSR count). The molecule has 0 radical (unpaired) electrons. The van der Waals surface area contributed by atoms with E-state index in [1.807, 2.05) is 30.2 Å². The molecule has 1 aromatic rings. The highest BCUT2D eigenvalue weighted by molar-refractivity contribution is 6.03. The lowest BCUT2D eigenvalue weighted by molar-refractivity contribution is 0.0775. The molecule has 3 heteroatoms. The van der Waals surface area contributed by atoms with Crippen molar-refractivity contribution < 1.29 is 4.79 Å². The van der Waals surface area contributed by atoms with E-state index in [1.165, 1.54) is 5.56 Å². The minimum atomic E-state index is 0.142. The second-order valence-electron chi connectivity index (χ2n) is 4.94. The van der Waals surface area contributed by atoms with Crippen LogP contribution in [0.2, 0.25) is 0 Å². The van der Waals surface area contributed by atoms with Crippen LogP contribution in [0.25, 0.3) is 0 Å². The molecule has 2 heterocycles. The molecule has 0 aromatic heterocycles. The number of rotatable bonds is 0. The van der Waals surface area contributed by atoms with Crippen molar-refractivity contribution in [3.63, 3.8) is 0 Å². The summed E-state index contributed by atoms with van der Waals surface area (Å²) < 4.78 is 0. The molecule has 1 amide bonds. The first-order valence-corrected chi connectivity index (χ1v) is 6.13. The van der Waals surface area contributed by atoms with Gasteiger partial charge in [0.2, 0.25) is 0 Å². The first-order chi connectivity index (χ1) is 8.16. The van der Waals surface area contributed by atoms with Gasteiger partial charge in [0.1, 0.15) is 0 Å². The van der Waals surface area contributed by atoms with Crippen LogP contribution in [0.4, 0.5) is 5.69 Å². The molecule has 17 heavy (non-hydrogen) atoms. The monoisotopic (exact) mass is 228 g/mol. The van der Waals surface area contributed by atoms with Gasteiger partial charge in [0.15, 0.2) is 0 Å². The SMILES string of the molecule is Cc1cc2c(cc1C)C(=O)N1CCCC1C=N2. The number of aryl methyl sites for hydroxylation is 2. The molecule has 1 fully saturated rings. The molecule has 0 N–H and O–H groups in total. The van der Waals surface area contributed by atoms with Gasteiger partial charge in [-0.2, -0.15) is 0 Å². The zero-order valence-corrected chi connectivity index (χ0v) is 10.2. The van der Waals surface area contributed by atoms with Crippen LogP contribution in [0.5, 0.6) is 0 Å². The maximum Gasteiger partial charge on any atom is 0.256 e. The van der Waals surface area contributed by atoms with Gasteiger partial charge in [-0.1, -0.05) is 0 Å². The Kier molecular flexibility index (Phi) is 2.28. The summed E-state index contributed by atoms with van der Waals surface area (Å²) in [6.07, 6.45) is 4.06. The average Bonchev–Trinajstić information content (AvgIpc) is 2.73. The van der Waals surface area contributed by atoms with Gasteiger partial charge < -0.3 is 4.90 Å². The van der Waals surface area contributed by atoms with Crippen molar-refractivity contribution in [2.75, 3.05) is 6.54 Å². The number of carbonyl (C=O) groups excluding carboxylic acids is 1. The maximum absolute atomic E-state index is 12.4. The summed E-state index contributed by atoms with van der Waals surface area (Å²) in [6, 6.07) is 4.20. The lowest BCUT2D eigenvalue weighted by Crippen LogP contribution is -2.35. The fourth-order valence-electron chi connectivity index (χ4n) is 2.60. The average molecular weight is 228 g/mol. The lowest BCUT2D eigenvalue weighted by atomic mass is 10.0. The third kappa shape index (κ3) is 1.57. The zero-order chi connectivity index (χ0) is 12.0. The summed E-state index contributed by atoms with van der Waals surface area (Å²) in [6.45, 7) is 4.96. The van der Waals surface area contributed by atoms with E-state index in [-0.39, 0.29) is 11.9 Å². The molecule has 0 spiro atoms. The Hall–Kier alpha value is -1.64. The Bertz CT molecular complexity index is 519. The topological polar surface area (TPSA) is 32.7 Å². The summed E-state index contributed by atoms with van der Waals surface area (Å²) in [5.41, 5.74) is 3.93. The molecule has 1 atom stereocenters. The van der Waals surface area contributed by atoms with E-state index in [9.17, 15) is 4.79 Å². The van der Waals surface area contributed by atoms with E-state index in [2.05, 4.69) is 11.9 Å². The quantitative estimate of drug-likeness (QED) is 0.672. The fourth-order valence-corrected chi connectivity index (χ4v) is 2.60. The molecular weight excluding hydrogens is 212 g/mol. The van der Waals surface area contributed by atoms with Crippen molar-refractivity contribution in [2.24, 2.45) is 4.99 Å². The van der Waals surface area contributed by atoms with E-state index in [4.69, 9.17) is 0 Å². The van der Waals surface area contributed by atoms with Gasteiger partial charge in [-0.25, -0.2) is 0 Å². The van der Waals surface area contributed by atoms with Gasteiger partial charge in [-0.3, -0.25) is 9.79 Å². The van der Waals surface area contributed by atoms with Crippen molar-refractivity contribution in [1.29, 1.82) is 0 Å². The number of benzene rings is 1. The Morgan fingerprint density at radius 2 is 2.06 bits per heavy atom. The highest BCUT2D eigenvalue weighted by Crippen LogP contribution is 2.30. The van der Waals surface area contributed by atoms with Gasteiger partial charge in [0.05, 0.1) is 17.3 Å². The standard InChI is InChI=1S/C14H16N2O/c1-9-6-12-13(7-10(9)2)15-8-11-4-3-5-16(11)14(12)17/h6-8,11H,3-5H2,1-2H3. The molecule has 0 aliphatic carbocycles. The molecule has 3 nitrogen and oxygen atoms in total. The van der Waals surface area contributed by atoms with Gasteiger partial charge in [0.25, 0.3) is 5.91 Å². The lowest BCUT2D eigenvalue weighted by Gasteiger charge is -2.20. The fraction of sp³-hybridized carbons (Fsp3) is 0.429. The Labute approximate surface area is 101 Å². The number of carbonyl (C=O) groups is 1. The van der Waals surface area contributed by atoms with Crippen molar-refractivity contribution in [1.82, 2.24) is 4.90 Å². The largest absolute Gasteiger partial charge is 0.331 e. The summed E-state index contributed by atoms with van der Waals surface area (Å²) in [4.78, 5) is 18.9. The number of hydrogen-bond acceptors (Lipinski definition) is 2. The van der Waals surface area contributed by atoms with Crippen molar-refractivity contribution >= 4 is 17.8 Å². The number of hydrogen-bond donors (Lipinski definition) is 0. The van der Waals surface area contributed by atoms with E-state index < -0.39 is 0 Å². The summed E-state index contributed by atoms with van der Waals surface area (Å²) >= 11 is 0. The van der Waals surface area contributed by atoms with Crippen molar-refractivity contribution in [2.45, 2.75) is 32.7 Å². The second-order valence-corrected chi connectivity index (χ2v) is 4.94. The highest BCUT2D eigenvalue weighted by atomic mass is 16.2.